The zero-order chi connectivity index (χ0) is 16.0. The monoisotopic (exact) mass is 314 g/mol. The number of benzene rings is 1. The Labute approximate surface area is 135 Å². The molecule has 4 rings (SSSR count). The number of fused-ring (bicyclic) bond motifs is 3. The Bertz CT molecular complexity index is 631. The molecular formula is C18H22N2O3. The fourth-order valence-electron chi connectivity index (χ4n) is 4.61. The molecule has 2 fully saturated rings. The second-order valence-electron chi connectivity index (χ2n) is 7.04. The second kappa shape index (κ2) is 5.64. The van der Waals surface area contributed by atoms with Crippen LogP contribution in [0, 0.1) is 5.92 Å². The van der Waals surface area contributed by atoms with Crippen LogP contribution < -0.4 is 5.32 Å². The van der Waals surface area contributed by atoms with Gasteiger partial charge in [-0.15, -0.1) is 0 Å². The van der Waals surface area contributed by atoms with Crippen molar-refractivity contribution in [1.29, 1.82) is 0 Å². The van der Waals surface area contributed by atoms with E-state index >= 15 is 0 Å². The Balaban J connectivity index is 1.62. The van der Waals surface area contributed by atoms with Crippen LogP contribution in [0.1, 0.15) is 43.6 Å². The first-order valence-corrected chi connectivity index (χ1v) is 8.49. The zero-order valence-electron chi connectivity index (χ0n) is 13.1. The lowest BCUT2D eigenvalue weighted by Crippen LogP contribution is -2.49. The van der Waals surface area contributed by atoms with Crippen LogP contribution in [0.2, 0.25) is 0 Å². The van der Waals surface area contributed by atoms with Gasteiger partial charge < -0.3 is 15.3 Å². The minimum Gasteiger partial charge on any atom is -0.396 e. The van der Waals surface area contributed by atoms with Crippen molar-refractivity contribution in [2.24, 2.45) is 5.92 Å². The van der Waals surface area contributed by atoms with Crippen LogP contribution in [0.4, 0.5) is 5.69 Å². The molecule has 0 spiro atoms. The summed E-state index contributed by atoms with van der Waals surface area (Å²) in [6.45, 7) is 0.212. The van der Waals surface area contributed by atoms with Crippen LogP contribution >= 0.6 is 0 Å². The SMILES string of the molecule is O=C1CC(C(=O)N2[C@@H]3CC[C@H]2CC(CO)C3)c2ccccc2N1. The minimum absolute atomic E-state index is 0.0837. The first-order chi connectivity index (χ1) is 11.2. The number of piperidine rings is 1. The number of anilines is 1. The molecule has 5 heteroatoms. The van der Waals surface area contributed by atoms with Crippen molar-refractivity contribution in [2.45, 2.75) is 50.1 Å². The van der Waals surface area contributed by atoms with Crippen molar-refractivity contribution >= 4 is 17.5 Å². The van der Waals surface area contributed by atoms with Gasteiger partial charge in [-0.25, -0.2) is 0 Å². The van der Waals surface area contributed by atoms with E-state index in [4.69, 9.17) is 0 Å². The Hall–Kier alpha value is -1.88. The summed E-state index contributed by atoms with van der Waals surface area (Å²) in [4.78, 5) is 27.2. The van der Waals surface area contributed by atoms with E-state index in [2.05, 4.69) is 5.32 Å². The van der Waals surface area contributed by atoms with Crippen LogP contribution in [0.3, 0.4) is 0 Å². The maximum Gasteiger partial charge on any atom is 0.231 e. The van der Waals surface area contributed by atoms with E-state index in [1.54, 1.807) is 0 Å². The third-order valence-corrected chi connectivity index (χ3v) is 5.64. The molecule has 122 valence electrons. The molecule has 3 aliphatic heterocycles. The molecule has 0 aliphatic carbocycles. The van der Waals surface area contributed by atoms with E-state index in [9.17, 15) is 14.7 Å². The van der Waals surface area contributed by atoms with Gasteiger partial charge in [0.05, 0.1) is 5.92 Å². The van der Waals surface area contributed by atoms with Crippen LogP contribution in [0.5, 0.6) is 0 Å². The van der Waals surface area contributed by atoms with Crippen LogP contribution in [-0.4, -0.2) is 40.5 Å². The third kappa shape index (κ3) is 2.43. The van der Waals surface area contributed by atoms with E-state index in [0.29, 0.717) is 5.92 Å². The van der Waals surface area contributed by atoms with Gasteiger partial charge in [0.1, 0.15) is 0 Å². The van der Waals surface area contributed by atoms with Crippen molar-refractivity contribution in [3.8, 4) is 0 Å². The first-order valence-electron chi connectivity index (χ1n) is 8.49. The van der Waals surface area contributed by atoms with Crippen molar-refractivity contribution in [2.75, 3.05) is 11.9 Å². The summed E-state index contributed by atoms with van der Waals surface area (Å²) in [6, 6.07) is 8.07. The molecular weight excluding hydrogens is 292 g/mol. The highest BCUT2D eigenvalue weighted by Crippen LogP contribution is 2.42. The molecule has 3 aliphatic rings. The van der Waals surface area contributed by atoms with Crippen LogP contribution in [0.15, 0.2) is 24.3 Å². The predicted molar refractivity (Wildman–Crippen MR) is 85.9 cm³/mol. The Morgan fingerprint density at radius 2 is 1.91 bits per heavy atom. The highest BCUT2D eigenvalue weighted by atomic mass is 16.3. The van der Waals surface area contributed by atoms with Crippen LogP contribution in [0.25, 0.3) is 0 Å². The molecule has 2 unspecified atom stereocenters. The summed E-state index contributed by atoms with van der Waals surface area (Å²) in [5.74, 6) is -0.0388. The maximum atomic E-state index is 13.2. The van der Waals surface area contributed by atoms with Gasteiger partial charge in [0.15, 0.2) is 0 Å². The molecule has 2 saturated heterocycles. The number of para-hydroxylation sites is 1. The van der Waals surface area contributed by atoms with Gasteiger partial charge in [-0.05, 0) is 43.2 Å². The lowest BCUT2D eigenvalue weighted by Gasteiger charge is -2.41. The quantitative estimate of drug-likeness (QED) is 0.875. The van der Waals surface area contributed by atoms with E-state index in [1.165, 1.54) is 0 Å². The molecule has 3 heterocycles. The molecule has 0 radical (unpaired) electrons. The number of carbonyl (C=O) groups excluding carboxylic acids is 2. The fourth-order valence-corrected chi connectivity index (χ4v) is 4.61. The van der Waals surface area contributed by atoms with Gasteiger partial charge in [-0.2, -0.15) is 0 Å². The number of rotatable bonds is 2. The van der Waals surface area contributed by atoms with E-state index in [1.807, 2.05) is 29.2 Å². The smallest absolute Gasteiger partial charge is 0.231 e. The number of nitrogens with one attached hydrogen (secondary N) is 1. The average Bonchev–Trinajstić information content (AvgIpc) is 2.83. The van der Waals surface area contributed by atoms with Crippen molar-refractivity contribution in [3.63, 3.8) is 0 Å². The summed E-state index contributed by atoms with van der Waals surface area (Å²) in [7, 11) is 0. The Morgan fingerprint density at radius 1 is 1.22 bits per heavy atom. The van der Waals surface area contributed by atoms with Crippen molar-refractivity contribution in [1.82, 2.24) is 4.90 Å². The number of aliphatic hydroxyl groups excluding tert-OH is 1. The molecule has 1 aromatic rings. The summed E-state index contributed by atoms with van der Waals surface area (Å²) in [6.07, 6.45) is 4.05. The van der Waals surface area contributed by atoms with Gasteiger partial charge in [0.25, 0.3) is 0 Å². The minimum atomic E-state index is -0.367. The Morgan fingerprint density at radius 3 is 2.61 bits per heavy atom. The van der Waals surface area contributed by atoms with Gasteiger partial charge >= 0.3 is 0 Å². The average molecular weight is 314 g/mol. The number of amides is 2. The largest absolute Gasteiger partial charge is 0.396 e. The molecule has 2 bridgehead atoms. The number of hydrogen-bond acceptors (Lipinski definition) is 3. The van der Waals surface area contributed by atoms with E-state index in [0.717, 1.165) is 36.9 Å². The fraction of sp³-hybridized carbons (Fsp3) is 0.556. The predicted octanol–water partition coefficient (Wildman–Crippen LogP) is 1.87. The number of carbonyl (C=O) groups is 2. The van der Waals surface area contributed by atoms with Crippen molar-refractivity contribution in [3.05, 3.63) is 29.8 Å². The molecule has 0 aromatic heterocycles. The van der Waals surface area contributed by atoms with Gasteiger partial charge in [0, 0.05) is 30.8 Å². The molecule has 0 saturated carbocycles. The van der Waals surface area contributed by atoms with Gasteiger partial charge in [0.2, 0.25) is 11.8 Å². The second-order valence-corrected chi connectivity index (χ2v) is 7.04. The number of aliphatic hydroxyl groups is 1. The van der Waals surface area contributed by atoms with Crippen LogP contribution in [-0.2, 0) is 9.59 Å². The number of hydrogen-bond donors (Lipinski definition) is 2. The molecule has 1 aromatic carbocycles. The topological polar surface area (TPSA) is 69.6 Å². The molecule has 4 atom stereocenters. The molecule has 5 nitrogen and oxygen atoms in total. The highest BCUT2D eigenvalue weighted by Gasteiger charge is 2.46. The summed E-state index contributed by atoms with van der Waals surface area (Å²) in [5, 5.41) is 12.3. The lowest BCUT2D eigenvalue weighted by atomic mass is 9.86. The zero-order valence-corrected chi connectivity index (χ0v) is 13.1. The molecule has 2 amide bonds. The summed E-state index contributed by atoms with van der Waals surface area (Å²) >= 11 is 0. The lowest BCUT2D eigenvalue weighted by molar-refractivity contribution is -0.140. The first kappa shape index (κ1) is 14.7. The maximum absolute atomic E-state index is 13.2. The summed E-state index contributed by atoms with van der Waals surface area (Å²) < 4.78 is 0. The third-order valence-electron chi connectivity index (χ3n) is 5.64. The molecule has 23 heavy (non-hydrogen) atoms. The Kier molecular flexibility index (Phi) is 3.60. The normalized spacial score (nSPS) is 32.4. The standard InChI is InChI=1S/C18H22N2O3/c21-10-11-7-12-5-6-13(8-11)20(12)18(23)15-9-17(22)19-16-4-2-1-3-14(15)16/h1-4,11-13,15,21H,5-10H2,(H,19,22)/t11?,12-,13+,15?. The van der Waals surface area contributed by atoms with E-state index < -0.39 is 0 Å². The van der Waals surface area contributed by atoms with Gasteiger partial charge in [-0.1, -0.05) is 18.2 Å². The molecule has 2 N–H and O–H groups in total. The summed E-state index contributed by atoms with van der Waals surface area (Å²) in [5.41, 5.74) is 1.69. The number of nitrogens with zero attached hydrogens (tertiary/aromatic N) is 1. The highest BCUT2D eigenvalue weighted by molar-refractivity contribution is 6.01. The van der Waals surface area contributed by atoms with Crippen molar-refractivity contribution < 1.29 is 14.7 Å². The van der Waals surface area contributed by atoms with Gasteiger partial charge in [-0.3, -0.25) is 9.59 Å². The van der Waals surface area contributed by atoms with E-state index in [-0.39, 0.29) is 42.8 Å².